The van der Waals surface area contributed by atoms with Gasteiger partial charge in [-0.25, -0.2) is 4.79 Å². The number of rotatable bonds is 9. The fraction of sp³-hybridized carbons (Fsp3) is 0.500. The van der Waals surface area contributed by atoms with E-state index in [9.17, 15) is 19.5 Å². The van der Waals surface area contributed by atoms with Crippen molar-refractivity contribution in [3.8, 4) is 5.75 Å². The molecule has 2 aliphatic heterocycles. The Balaban J connectivity index is 1.49. The predicted octanol–water partition coefficient (Wildman–Crippen LogP) is 2.73. The van der Waals surface area contributed by atoms with Crippen molar-refractivity contribution in [3.05, 3.63) is 54.1 Å². The van der Waals surface area contributed by atoms with Gasteiger partial charge >= 0.3 is 6.03 Å². The summed E-state index contributed by atoms with van der Waals surface area (Å²) in [4.78, 5) is 44.6. The van der Waals surface area contributed by atoms with Gasteiger partial charge in [-0.2, -0.15) is 0 Å². The summed E-state index contributed by atoms with van der Waals surface area (Å²) in [6, 6.07) is 13.5. The molecule has 0 bridgehead atoms. The third-order valence-electron chi connectivity index (χ3n) is 7.53. The molecule has 0 aromatic heterocycles. The average Bonchev–Trinajstić information content (AvgIpc) is 2.98. The van der Waals surface area contributed by atoms with Gasteiger partial charge in [-0.1, -0.05) is 25.1 Å². The fourth-order valence-electron chi connectivity index (χ4n) is 4.92. The van der Waals surface area contributed by atoms with Crippen LogP contribution in [0.2, 0.25) is 0 Å². The lowest BCUT2D eigenvalue weighted by atomic mass is 9.99. The molecular formula is C30H41N5O6. The summed E-state index contributed by atoms with van der Waals surface area (Å²) in [6.07, 6.45) is -0.109. The Morgan fingerprint density at radius 3 is 2.54 bits per heavy atom. The Labute approximate surface area is 241 Å². The lowest BCUT2D eigenvalue weighted by Gasteiger charge is -2.38. The summed E-state index contributed by atoms with van der Waals surface area (Å²) in [7, 11) is 1.70. The third-order valence-corrected chi connectivity index (χ3v) is 7.53. The Kier molecular flexibility index (Phi) is 10.6. The average molecular weight is 568 g/mol. The van der Waals surface area contributed by atoms with Crippen molar-refractivity contribution in [2.24, 2.45) is 5.92 Å². The Morgan fingerprint density at radius 1 is 1.10 bits per heavy atom. The first kappa shape index (κ1) is 30.3. The molecule has 0 aliphatic carbocycles. The lowest BCUT2D eigenvalue weighted by Crippen LogP contribution is -2.50. The number of anilines is 2. The van der Waals surface area contributed by atoms with Gasteiger partial charge < -0.3 is 35.0 Å². The minimum absolute atomic E-state index is 0.145. The molecular weight excluding hydrogens is 526 g/mol. The minimum atomic E-state index is -0.435. The third kappa shape index (κ3) is 8.18. The monoisotopic (exact) mass is 567 g/mol. The first-order valence-electron chi connectivity index (χ1n) is 14.1. The number of aliphatic hydroxyl groups is 1. The van der Waals surface area contributed by atoms with E-state index >= 15 is 0 Å². The van der Waals surface area contributed by atoms with Gasteiger partial charge in [0.2, 0.25) is 5.91 Å². The molecule has 2 aromatic carbocycles. The predicted molar refractivity (Wildman–Crippen MR) is 156 cm³/mol. The molecule has 1 fully saturated rings. The summed E-state index contributed by atoms with van der Waals surface area (Å²) in [6.45, 7) is 7.74. The number of aliphatic hydroxyl groups excluding tert-OH is 1. The molecule has 222 valence electrons. The summed E-state index contributed by atoms with van der Waals surface area (Å²) in [5.41, 5.74) is 1.48. The SMILES string of the molecule is C[C@@H]1CN([C@H](C)CO)C(=O)c2cc(NC(=O)CCN3CCOCC3)ccc2O[C@H]1CN(C)C(=O)Nc1ccccc1. The van der Waals surface area contributed by atoms with Crippen molar-refractivity contribution in [2.75, 3.05) is 70.2 Å². The second-order valence-corrected chi connectivity index (χ2v) is 10.8. The van der Waals surface area contributed by atoms with Crippen LogP contribution < -0.4 is 15.4 Å². The number of urea groups is 1. The van der Waals surface area contributed by atoms with Crippen molar-refractivity contribution in [1.29, 1.82) is 0 Å². The Bertz CT molecular complexity index is 1190. The number of hydrogen-bond donors (Lipinski definition) is 3. The topological polar surface area (TPSA) is 124 Å². The molecule has 3 N–H and O–H groups in total. The van der Waals surface area contributed by atoms with E-state index in [2.05, 4.69) is 15.5 Å². The number of benzene rings is 2. The van der Waals surface area contributed by atoms with E-state index in [1.54, 1.807) is 42.0 Å². The number of para-hydroxylation sites is 1. The van der Waals surface area contributed by atoms with Crippen molar-refractivity contribution < 1.29 is 29.0 Å². The zero-order chi connectivity index (χ0) is 29.4. The second-order valence-electron chi connectivity index (χ2n) is 10.8. The molecule has 0 saturated carbocycles. The van der Waals surface area contributed by atoms with E-state index in [0.29, 0.717) is 55.4 Å². The molecule has 3 atom stereocenters. The largest absolute Gasteiger partial charge is 0.487 e. The van der Waals surface area contributed by atoms with Crippen LogP contribution in [0, 0.1) is 5.92 Å². The zero-order valence-electron chi connectivity index (χ0n) is 24.0. The maximum absolute atomic E-state index is 13.7. The summed E-state index contributed by atoms with van der Waals surface area (Å²) in [5.74, 6) is -0.210. The summed E-state index contributed by atoms with van der Waals surface area (Å²) >= 11 is 0. The van der Waals surface area contributed by atoms with Crippen LogP contribution in [-0.4, -0.2) is 109 Å². The number of ether oxygens (including phenoxy) is 2. The second kappa shape index (κ2) is 14.3. The molecule has 11 heteroatoms. The standard InChI is InChI=1S/C30H41N5O6/c1-21-18-35(22(2)20-36)29(38)25-17-24(31-28(37)11-12-34-13-15-40-16-14-34)9-10-26(25)41-27(21)19-33(3)30(39)32-23-7-5-4-6-8-23/h4-10,17,21-22,27,36H,11-16,18-20H2,1-3H3,(H,31,37)(H,32,39)/t21-,22-,27+/m1/s1. The van der Waals surface area contributed by atoms with Gasteiger partial charge in [-0.15, -0.1) is 0 Å². The number of nitrogens with zero attached hydrogens (tertiary/aromatic N) is 3. The highest BCUT2D eigenvalue weighted by Gasteiger charge is 2.34. The van der Waals surface area contributed by atoms with E-state index in [1.807, 2.05) is 37.3 Å². The quantitative estimate of drug-likeness (QED) is 0.426. The molecule has 0 unspecified atom stereocenters. The van der Waals surface area contributed by atoms with Crippen LogP contribution in [0.15, 0.2) is 48.5 Å². The number of fused-ring (bicyclic) bond motifs is 1. The highest BCUT2D eigenvalue weighted by Crippen LogP contribution is 2.31. The molecule has 41 heavy (non-hydrogen) atoms. The Morgan fingerprint density at radius 2 is 1.83 bits per heavy atom. The molecule has 4 amide bonds. The summed E-state index contributed by atoms with van der Waals surface area (Å²) < 4.78 is 11.7. The first-order chi connectivity index (χ1) is 19.7. The van der Waals surface area contributed by atoms with E-state index in [1.165, 1.54) is 0 Å². The molecule has 2 aromatic rings. The molecule has 1 saturated heterocycles. The van der Waals surface area contributed by atoms with Gasteiger partial charge in [0.15, 0.2) is 0 Å². The number of carbonyl (C=O) groups is 3. The van der Waals surface area contributed by atoms with Crippen LogP contribution in [0.5, 0.6) is 5.75 Å². The van der Waals surface area contributed by atoms with Crippen LogP contribution in [0.3, 0.4) is 0 Å². The molecule has 11 nitrogen and oxygen atoms in total. The van der Waals surface area contributed by atoms with Gasteiger partial charge in [-0.3, -0.25) is 14.5 Å². The lowest BCUT2D eigenvalue weighted by molar-refractivity contribution is -0.116. The van der Waals surface area contributed by atoms with Gasteiger partial charge in [0, 0.05) is 56.9 Å². The zero-order valence-corrected chi connectivity index (χ0v) is 24.0. The van der Waals surface area contributed by atoms with Crippen LogP contribution >= 0.6 is 0 Å². The molecule has 0 spiro atoms. The molecule has 4 rings (SSSR count). The number of hydrogen-bond acceptors (Lipinski definition) is 7. The van der Waals surface area contributed by atoms with E-state index in [0.717, 1.165) is 13.1 Å². The summed E-state index contributed by atoms with van der Waals surface area (Å²) in [5, 5.41) is 15.7. The number of likely N-dealkylation sites (N-methyl/N-ethyl adjacent to an activating group) is 1. The van der Waals surface area contributed by atoms with Crippen LogP contribution in [0.25, 0.3) is 0 Å². The van der Waals surface area contributed by atoms with Crippen LogP contribution in [0.1, 0.15) is 30.6 Å². The molecule has 2 aliphatic rings. The Hall–Kier alpha value is -3.67. The first-order valence-corrected chi connectivity index (χ1v) is 14.1. The normalized spacial score (nSPS) is 20.2. The number of nitrogens with one attached hydrogen (secondary N) is 2. The van der Waals surface area contributed by atoms with Crippen molar-refractivity contribution in [3.63, 3.8) is 0 Å². The maximum atomic E-state index is 13.7. The highest BCUT2D eigenvalue weighted by atomic mass is 16.5. The van der Waals surface area contributed by atoms with Crippen LogP contribution in [0.4, 0.5) is 16.2 Å². The van der Waals surface area contributed by atoms with Gasteiger partial charge in [-0.05, 0) is 37.3 Å². The minimum Gasteiger partial charge on any atom is -0.487 e. The van der Waals surface area contributed by atoms with Crippen molar-refractivity contribution in [1.82, 2.24) is 14.7 Å². The van der Waals surface area contributed by atoms with E-state index in [4.69, 9.17) is 9.47 Å². The van der Waals surface area contributed by atoms with Gasteiger partial charge in [0.05, 0.1) is 38.0 Å². The smallest absolute Gasteiger partial charge is 0.321 e. The van der Waals surface area contributed by atoms with Crippen LogP contribution in [-0.2, 0) is 9.53 Å². The fourth-order valence-corrected chi connectivity index (χ4v) is 4.92. The number of morpholine rings is 1. The van der Waals surface area contributed by atoms with Gasteiger partial charge in [0.25, 0.3) is 5.91 Å². The molecule has 2 heterocycles. The van der Waals surface area contributed by atoms with E-state index in [-0.39, 0.29) is 36.9 Å². The molecule has 0 radical (unpaired) electrons. The van der Waals surface area contributed by atoms with Crippen molar-refractivity contribution in [2.45, 2.75) is 32.4 Å². The van der Waals surface area contributed by atoms with E-state index < -0.39 is 12.1 Å². The van der Waals surface area contributed by atoms with Crippen molar-refractivity contribution >= 4 is 29.2 Å². The maximum Gasteiger partial charge on any atom is 0.321 e. The number of carbonyl (C=O) groups excluding carboxylic acids is 3. The van der Waals surface area contributed by atoms with Gasteiger partial charge in [0.1, 0.15) is 11.9 Å². The number of amides is 4. The highest BCUT2D eigenvalue weighted by molar-refractivity contribution is 6.00.